The molecule has 0 saturated carbocycles. The van der Waals surface area contributed by atoms with Gasteiger partial charge in [-0.3, -0.25) is 4.99 Å². The summed E-state index contributed by atoms with van der Waals surface area (Å²) in [6.07, 6.45) is 0. The summed E-state index contributed by atoms with van der Waals surface area (Å²) < 4.78 is 0. The molecule has 1 N–H and O–H groups in total. The third kappa shape index (κ3) is 2.84. The zero-order valence-corrected chi connectivity index (χ0v) is 11.6. The summed E-state index contributed by atoms with van der Waals surface area (Å²) in [5.41, 5.74) is 2.93. The maximum atomic E-state index is 8.78. The summed E-state index contributed by atoms with van der Waals surface area (Å²) in [4.78, 5) is 4.53. The smallest absolute Gasteiger partial charge is 0.161 e. The van der Waals surface area contributed by atoms with Crippen molar-refractivity contribution in [2.75, 3.05) is 11.9 Å². The van der Waals surface area contributed by atoms with Gasteiger partial charge in [-0.2, -0.15) is 5.26 Å². The number of hydrogen-bond acceptors (Lipinski definition) is 4. The standard InChI is InChI=1S/C16H13N3S/c17-10-12-6-8-14(9-7-12)19-16-18-11-15(20-16)13-4-2-1-3-5-13/h1-9,15H,11H2,(H,18,19). The van der Waals surface area contributed by atoms with Gasteiger partial charge in [0.05, 0.1) is 23.4 Å². The maximum Gasteiger partial charge on any atom is 0.161 e. The Morgan fingerprint density at radius 3 is 2.55 bits per heavy atom. The molecule has 1 unspecified atom stereocenters. The van der Waals surface area contributed by atoms with Crippen molar-refractivity contribution >= 4 is 22.6 Å². The number of rotatable bonds is 2. The van der Waals surface area contributed by atoms with Crippen LogP contribution in [0, 0.1) is 11.3 Å². The van der Waals surface area contributed by atoms with Crippen molar-refractivity contribution < 1.29 is 0 Å². The summed E-state index contributed by atoms with van der Waals surface area (Å²) in [5, 5.41) is 13.4. The minimum absolute atomic E-state index is 0.386. The van der Waals surface area contributed by atoms with Crippen molar-refractivity contribution in [1.29, 1.82) is 5.26 Å². The van der Waals surface area contributed by atoms with E-state index in [0.717, 1.165) is 17.4 Å². The molecule has 0 amide bonds. The Kier molecular flexibility index (Phi) is 3.71. The van der Waals surface area contributed by atoms with E-state index in [2.05, 4.69) is 40.6 Å². The first-order valence-electron chi connectivity index (χ1n) is 6.38. The molecule has 98 valence electrons. The Balaban J connectivity index is 1.64. The first kappa shape index (κ1) is 12.8. The zero-order chi connectivity index (χ0) is 13.8. The molecule has 4 heteroatoms. The average molecular weight is 279 g/mol. The fourth-order valence-electron chi connectivity index (χ4n) is 2.04. The van der Waals surface area contributed by atoms with Crippen LogP contribution in [0.3, 0.4) is 0 Å². The number of nitriles is 1. The lowest BCUT2D eigenvalue weighted by Gasteiger charge is -2.09. The Morgan fingerprint density at radius 1 is 1.10 bits per heavy atom. The topological polar surface area (TPSA) is 48.2 Å². The molecule has 0 aliphatic carbocycles. The predicted molar refractivity (Wildman–Crippen MR) is 83.9 cm³/mol. The monoisotopic (exact) mass is 279 g/mol. The van der Waals surface area contributed by atoms with Crippen LogP contribution in [0.5, 0.6) is 0 Å². The highest BCUT2D eigenvalue weighted by atomic mass is 32.2. The molecule has 0 radical (unpaired) electrons. The van der Waals surface area contributed by atoms with Crippen LogP contribution in [0.15, 0.2) is 59.6 Å². The second-order valence-electron chi connectivity index (χ2n) is 4.48. The van der Waals surface area contributed by atoms with Crippen LogP contribution in [0.1, 0.15) is 16.4 Å². The number of hydrogen-bond donors (Lipinski definition) is 1. The van der Waals surface area contributed by atoms with Crippen molar-refractivity contribution in [2.45, 2.75) is 5.25 Å². The third-order valence-corrected chi connectivity index (χ3v) is 4.25. The van der Waals surface area contributed by atoms with E-state index in [4.69, 9.17) is 5.26 Å². The molecule has 2 aromatic rings. The number of benzene rings is 2. The summed E-state index contributed by atoms with van der Waals surface area (Å²) in [6, 6.07) is 19.9. The Labute approximate surface area is 122 Å². The Bertz CT molecular complexity index is 656. The Morgan fingerprint density at radius 2 is 1.85 bits per heavy atom. The number of thioether (sulfide) groups is 1. The lowest BCUT2D eigenvalue weighted by molar-refractivity contribution is 0.966. The molecule has 20 heavy (non-hydrogen) atoms. The van der Waals surface area contributed by atoms with Gasteiger partial charge in [0.2, 0.25) is 0 Å². The zero-order valence-electron chi connectivity index (χ0n) is 10.8. The van der Waals surface area contributed by atoms with E-state index >= 15 is 0 Å². The fourth-order valence-corrected chi connectivity index (χ4v) is 3.07. The predicted octanol–water partition coefficient (Wildman–Crippen LogP) is 3.81. The van der Waals surface area contributed by atoms with Crippen molar-refractivity contribution in [3.05, 3.63) is 65.7 Å². The fraction of sp³-hybridized carbons (Fsp3) is 0.125. The lowest BCUT2D eigenvalue weighted by atomic mass is 10.1. The van der Waals surface area contributed by atoms with E-state index < -0.39 is 0 Å². The number of nitrogens with one attached hydrogen (secondary N) is 1. The van der Waals surface area contributed by atoms with Crippen LogP contribution in [0.25, 0.3) is 0 Å². The van der Waals surface area contributed by atoms with Crippen molar-refractivity contribution in [1.82, 2.24) is 0 Å². The molecule has 0 spiro atoms. The SMILES string of the molecule is N#Cc1ccc(NC2=NCC(c3ccccc3)S2)cc1. The summed E-state index contributed by atoms with van der Waals surface area (Å²) in [5.74, 6) is 0. The van der Waals surface area contributed by atoms with E-state index in [-0.39, 0.29) is 0 Å². The van der Waals surface area contributed by atoms with Gasteiger partial charge in [0.25, 0.3) is 0 Å². The van der Waals surface area contributed by atoms with E-state index in [1.165, 1.54) is 5.56 Å². The van der Waals surface area contributed by atoms with Gasteiger partial charge in [0.15, 0.2) is 5.17 Å². The van der Waals surface area contributed by atoms with Crippen LogP contribution in [0.2, 0.25) is 0 Å². The first-order chi connectivity index (χ1) is 9.85. The minimum atomic E-state index is 0.386. The van der Waals surface area contributed by atoms with Gasteiger partial charge < -0.3 is 5.32 Å². The number of nitrogens with zero attached hydrogens (tertiary/aromatic N) is 2. The highest BCUT2D eigenvalue weighted by molar-refractivity contribution is 8.14. The summed E-state index contributed by atoms with van der Waals surface area (Å²) in [6.45, 7) is 0.799. The number of amidine groups is 1. The van der Waals surface area contributed by atoms with Crippen molar-refractivity contribution in [3.8, 4) is 6.07 Å². The van der Waals surface area contributed by atoms with Gasteiger partial charge in [0.1, 0.15) is 0 Å². The van der Waals surface area contributed by atoms with Crippen LogP contribution in [-0.4, -0.2) is 11.7 Å². The second kappa shape index (κ2) is 5.81. The van der Waals surface area contributed by atoms with Gasteiger partial charge in [-0.1, -0.05) is 42.1 Å². The highest BCUT2D eigenvalue weighted by Crippen LogP contribution is 2.35. The van der Waals surface area contributed by atoms with Crippen molar-refractivity contribution in [2.24, 2.45) is 4.99 Å². The molecular weight excluding hydrogens is 266 g/mol. The lowest BCUT2D eigenvalue weighted by Crippen LogP contribution is -2.05. The normalized spacial score (nSPS) is 17.4. The molecular formula is C16H13N3S. The third-order valence-electron chi connectivity index (χ3n) is 3.09. The molecule has 1 aliphatic rings. The molecule has 3 rings (SSSR count). The van der Waals surface area contributed by atoms with Gasteiger partial charge in [-0.25, -0.2) is 0 Å². The number of aliphatic imine (C=N–C) groups is 1. The molecule has 1 heterocycles. The number of anilines is 1. The molecule has 1 atom stereocenters. The van der Waals surface area contributed by atoms with Gasteiger partial charge in [0, 0.05) is 5.69 Å². The van der Waals surface area contributed by atoms with Gasteiger partial charge in [-0.15, -0.1) is 0 Å². The largest absolute Gasteiger partial charge is 0.335 e. The summed E-state index contributed by atoms with van der Waals surface area (Å²) >= 11 is 1.74. The molecule has 0 saturated heterocycles. The van der Waals surface area contributed by atoms with Crippen LogP contribution in [-0.2, 0) is 0 Å². The molecule has 0 bridgehead atoms. The Hall–Kier alpha value is -2.25. The maximum absolute atomic E-state index is 8.78. The molecule has 0 aromatic heterocycles. The average Bonchev–Trinajstić information content (AvgIpc) is 2.97. The molecule has 0 fully saturated rings. The second-order valence-corrected chi connectivity index (χ2v) is 5.67. The van der Waals surface area contributed by atoms with Crippen molar-refractivity contribution in [3.63, 3.8) is 0 Å². The van der Waals surface area contributed by atoms with Crippen LogP contribution in [0.4, 0.5) is 5.69 Å². The van der Waals surface area contributed by atoms with E-state index in [0.29, 0.717) is 10.8 Å². The van der Waals surface area contributed by atoms with Crippen LogP contribution < -0.4 is 5.32 Å². The summed E-state index contributed by atoms with van der Waals surface area (Å²) in [7, 11) is 0. The quantitative estimate of drug-likeness (QED) is 0.909. The first-order valence-corrected chi connectivity index (χ1v) is 7.26. The van der Waals surface area contributed by atoms with E-state index in [1.807, 2.05) is 18.2 Å². The van der Waals surface area contributed by atoms with E-state index in [9.17, 15) is 0 Å². The molecule has 2 aromatic carbocycles. The van der Waals surface area contributed by atoms with Gasteiger partial charge in [-0.05, 0) is 29.8 Å². The highest BCUT2D eigenvalue weighted by Gasteiger charge is 2.21. The molecule has 3 nitrogen and oxygen atoms in total. The van der Waals surface area contributed by atoms with Gasteiger partial charge >= 0.3 is 0 Å². The minimum Gasteiger partial charge on any atom is -0.335 e. The van der Waals surface area contributed by atoms with Crippen LogP contribution >= 0.6 is 11.8 Å². The van der Waals surface area contributed by atoms with E-state index in [1.54, 1.807) is 23.9 Å². The molecule has 1 aliphatic heterocycles.